The summed E-state index contributed by atoms with van der Waals surface area (Å²) in [6.07, 6.45) is 3.41. The molecule has 0 amide bonds. The number of unbranched alkanes of at least 4 members (excludes halogenated alkanes) is 2. The minimum absolute atomic E-state index is 0.790. The number of hydrogen-bond donors (Lipinski definition) is 0. The average molecular weight is 195 g/mol. The molecule has 0 saturated heterocycles. The number of rotatable bonds is 5. The second-order valence-electron chi connectivity index (χ2n) is 2.99. The molecule has 1 aromatic carbocycles. The van der Waals surface area contributed by atoms with E-state index in [1.54, 1.807) is 0 Å². The molecule has 0 aliphatic carbocycles. The highest BCUT2D eigenvalue weighted by molar-refractivity contribution is 7.91. The summed E-state index contributed by atoms with van der Waals surface area (Å²) >= 11 is -0.805. The fourth-order valence-corrected chi connectivity index (χ4v) is 2.27. The van der Waals surface area contributed by atoms with E-state index in [0.29, 0.717) is 0 Å². The highest BCUT2D eigenvalue weighted by atomic mass is 32.2. The van der Waals surface area contributed by atoms with Crippen LogP contribution in [0.5, 0.6) is 0 Å². The van der Waals surface area contributed by atoms with Crippen molar-refractivity contribution in [1.29, 1.82) is 0 Å². The summed E-state index contributed by atoms with van der Waals surface area (Å²) in [4.78, 5) is 0.926. The lowest BCUT2D eigenvalue weighted by atomic mass is 10.3. The minimum Gasteiger partial charge on any atom is -0.611 e. The molecular formula is C11H15OS. The van der Waals surface area contributed by atoms with Gasteiger partial charge in [-0.15, -0.1) is 0 Å². The van der Waals surface area contributed by atoms with Gasteiger partial charge < -0.3 is 4.55 Å². The Morgan fingerprint density at radius 2 is 2.00 bits per heavy atom. The first-order valence-corrected chi connectivity index (χ1v) is 6.01. The van der Waals surface area contributed by atoms with Gasteiger partial charge in [0.2, 0.25) is 0 Å². The third-order valence-electron chi connectivity index (χ3n) is 1.88. The highest BCUT2D eigenvalue weighted by Crippen LogP contribution is 2.11. The maximum absolute atomic E-state index is 11.6. The first-order valence-electron chi connectivity index (χ1n) is 4.69. The monoisotopic (exact) mass is 195 g/mol. The molecule has 0 aromatic heterocycles. The molecule has 2 heteroatoms. The molecular weight excluding hydrogens is 180 g/mol. The summed E-state index contributed by atoms with van der Waals surface area (Å²) < 4.78 is 11.6. The van der Waals surface area contributed by atoms with Crippen LogP contribution in [0.1, 0.15) is 26.2 Å². The van der Waals surface area contributed by atoms with Gasteiger partial charge in [-0.2, -0.15) is 0 Å². The van der Waals surface area contributed by atoms with Crippen molar-refractivity contribution in [1.82, 2.24) is 0 Å². The van der Waals surface area contributed by atoms with Gasteiger partial charge in [0.15, 0.2) is 4.90 Å². The van der Waals surface area contributed by atoms with Crippen LogP contribution in [0.4, 0.5) is 0 Å². The predicted molar refractivity (Wildman–Crippen MR) is 56.1 cm³/mol. The van der Waals surface area contributed by atoms with Gasteiger partial charge in [0.25, 0.3) is 0 Å². The van der Waals surface area contributed by atoms with Crippen LogP contribution < -0.4 is 0 Å². The zero-order chi connectivity index (χ0) is 9.52. The topological polar surface area (TPSA) is 23.1 Å². The van der Waals surface area contributed by atoms with E-state index in [1.165, 1.54) is 12.8 Å². The zero-order valence-corrected chi connectivity index (χ0v) is 8.77. The number of benzene rings is 1. The van der Waals surface area contributed by atoms with Crippen molar-refractivity contribution in [2.24, 2.45) is 0 Å². The van der Waals surface area contributed by atoms with E-state index in [2.05, 4.69) is 13.0 Å². The van der Waals surface area contributed by atoms with Gasteiger partial charge in [-0.05, 0) is 54.3 Å². The summed E-state index contributed by atoms with van der Waals surface area (Å²) in [6.45, 7) is 2.15. The zero-order valence-electron chi connectivity index (χ0n) is 7.95. The fraction of sp³-hybridized carbons (Fsp3) is 0.455. The van der Waals surface area contributed by atoms with Crippen molar-refractivity contribution in [2.75, 3.05) is 5.75 Å². The van der Waals surface area contributed by atoms with E-state index in [4.69, 9.17) is 0 Å². The summed E-state index contributed by atoms with van der Waals surface area (Å²) in [6, 6.07) is 10.3. The number of hydrogen-bond acceptors (Lipinski definition) is 1. The molecule has 0 aliphatic heterocycles. The molecule has 0 saturated carbocycles. The Morgan fingerprint density at radius 1 is 1.31 bits per heavy atom. The van der Waals surface area contributed by atoms with E-state index in [9.17, 15) is 4.55 Å². The van der Waals surface area contributed by atoms with Crippen LogP contribution in [0.3, 0.4) is 0 Å². The molecule has 0 aliphatic rings. The normalized spacial score (nSPS) is 12.8. The van der Waals surface area contributed by atoms with Crippen LogP contribution in [0.2, 0.25) is 0 Å². The summed E-state index contributed by atoms with van der Waals surface area (Å²) in [5.74, 6) is 0.790. The first kappa shape index (κ1) is 10.6. The van der Waals surface area contributed by atoms with Gasteiger partial charge in [-0.3, -0.25) is 0 Å². The SMILES string of the molecule is CCCCC[S+]([O-])c1cc[c]cc1. The predicted octanol–water partition coefficient (Wildman–Crippen LogP) is 2.78. The summed E-state index contributed by atoms with van der Waals surface area (Å²) in [7, 11) is 0. The molecule has 71 valence electrons. The lowest BCUT2D eigenvalue weighted by Gasteiger charge is -2.09. The van der Waals surface area contributed by atoms with Crippen molar-refractivity contribution in [2.45, 2.75) is 31.1 Å². The molecule has 1 nitrogen and oxygen atoms in total. The lowest BCUT2D eigenvalue weighted by molar-refractivity contribution is 0.590. The maximum atomic E-state index is 11.6. The van der Waals surface area contributed by atoms with E-state index in [1.807, 2.05) is 24.3 Å². The van der Waals surface area contributed by atoms with Crippen LogP contribution in [0.25, 0.3) is 0 Å². The Labute approximate surface area is 83.4 Å². The first-order chi connectivity index (χ1) is 6.34. The second-order valence-corrected chi connectivity index (χ2v) is 4.56. The largest absolute Gasteiger partial charge is 0.611 e. The molecule has 0 spiro atoms. The van der Waals surface area contributed by atoms with Gasteiger partial charge in [0.05, 0.1) is 0 Å². The van der Waals surface area contributed by atoms with Gasteiger partial charge in [-0.1, -0.05) is 13.3 Å². The molecule has 1 aromatic rings. The molecule has 1 atom stereocenters. The molecule has 1 unspecified atom stereocenters. The smallest absolute Gasteiger partial charge is 0.152 e. The van der Waals surface area contributed by atoms with Gasteiger partial charge >= 0.3 is 0 Å². The fourth-order valence-electron chi connectivity index (χ4n) is 1.12. The average Bonchev–Trinajstić information content (AvgIpc) is 2.19. The van der Waals surface area contributed by atoms with Crippen LogP contribution in [-0.2, 0) is 11.2 Å². The molecule has 0 fully saturated rings. The standard InChI is InChI=1S/C11H15OS/c1-2-3-7-10-13(12)11-8-5-4-6-9-11/h5-6,8-9H,2-3,7,10H2,1H3. The summed E-state index contributed by atoms with van der Waals surface area (Å²) in [5.41, 5.74) is 0. The third-order valence-corrected chi connectivity index (χ3v) is 3.34. The molecule has 1 rings (SSSR count). The Bertz CT molecular complexity index is 223. The lowest BCUT2D eigenvalue weighted by Crippen LogP contribution is -2.06. The van der Waals surface area contributed by atoms with Gasteiger partial charge in [0, 0.05) is 0 Å². The van der Waals surface area contributed by atoms with Crippen molar-refractivity contribution in [3.8, 4) is 0 Å². The Morgan fingerprint density at radius 3 is 2.62 bits per heavy atom. The minimum atomic E-state index is -0.805. The van der Waals surface area contributed by atoms with Crippen LogP contribution in [0.15, 0.2) is 29.2 Å². The molecule has 13 heavy (non-hydrogen) atoms. The van der Waals surface area contributed by atoms with Crippen LogP contribution in [0, 0.1) is 6.07 Å². The molecule has 1 radical (unpaired) electrons. The van der Waals surface area contributed by atoms with Crippen LogP contribution in [-0.4, -0.2) is 10.3 Å². The Kier molecular flexibility index (Phi) is 4.94. The quantitative estimate of drug-likeness (QED) is 0.523. The molecule has 0 bridgehead atoms. The third kappa shape index (κ3) is 3.83. The second kappa shape index (κ2) is 6.06. The Hall–Kier alpha value is -0.470. The van der Waals surface area contributed by atoms with Crippen molar-refractivity contribution >= 4 is 11.2 Å². The van der Waals surface area contributed by atoms with E-state index < -0.39 is 11.2 Å². The van der Waals surface area contributed by atoms with E-state index >= 15 is 0 Å². The van der Waals surface area contributed by atoms with E-state index in [-0.39, 0.29) is 0 Å². The van der Waals surface area contributed by atoms with Crippen LogP contribution >= 0.6 is 0 Å². The van der Waals surface area contributed by atoms with Crippen molar-refractivity contribution < 1.29 is 4.55 Å². The summed E-state index contributed by atoms with van der Waals surface area (Å²) in [5, 5.41) is 0. The molecule has 0 N–H and O–H groups in total. The van der Waals surface area contributed by atoms with Crippen molar-refractivity contribution in [3.63, 3.8) is 0 Å². The van der Waals surface area contributed by atoms with Crippen molar-refractivity contribution in [3.05, 3.63) is 30.3 Å². The highest BCUT2D eigenvalue weighted by Gasteiger charge is 2.08. The molecule has 0 heterocycles. The van der Waals surface area contributed by atoms with Gasteiger partial charge in [-0.25, -0.2) is 0 Å². The van der Waals surface area contributed by atoms with E-state index in [0.717, 1.165) is 17.1 Å². The Balaban J connectivity index is 2.35. The van der Waals surface area contributed by atoms with Gasteiger partial charge in [0.1, 0.15) is 5.75 Å². The maximum Gasteiger partial charge on any atom is 0.152 e.